The van der Waals surface area contributed by atoms with Crippen molar-refractivity contribution < 1.29 is 33.4 Å². The number of carbonyl (C=O) groups excluding carboxylic acids is 4. The Morgan fingerprint density at radius 1 is 1.00 bits per heavy atom. The SMILES string of the molecule is COC(=O)C(C(=O)OC)C(=O)OC=O. The molecule has 78 valence electrons. The number of methoxy groups -OCH3 is 2. The normalized spacial score (nSPS) is 9.07. The molecule has 0 rings (SSSR count). The molecule has 0 saturated carbocycles. The van der Waals surface area contributed by atoms with E-state index in [2.05, 4.69) is 14.2 Å². The van der Waals surface area contributed by atoms with Gasteiger partial charge in [-0.15, -0.1) is 0 Å². The highest BCUT2D eigenvalue weighted by Crippen LogP contribution is 2.04. The van der Waals surface area contributed by atoms with E-state index in [-0.39, 0.29) is 6.47 Å². The quantitative estimate of drug-likeness (QED) is 0.241. The Hall–Kier alpha value is -1.92. The van der Waals surface area contributed by atoms with Crippen molar-refractivity contribution in [3.05, 3.63) is 0 Å². The van der Waals surface area contributed by atoms with Gasteiger partial charge >= 0.3 is 24.4 Å². The summed E-state index contributed by atoms with van der Waals surface area (Å²) in [7, 11) is 1.96. The van der Waals surface area contributed by atoms with Crippen LogP contribution < -0.4 is 0 Å². The van der Waals surface area contributed by atoms with E-state index in [0.29, 0.717) is 0 Å². The molecular formula is C7H8O7. The van der Waals surface area contributed by atoms with Crippen LogP contribution in [0.15, 0.2) is 0 Å². The molecule has 0 aromatic heterocycles. The predicted octanol–water partition coefficient (Wildman–Crippen LogP) is -1.35. The third-order valence-corrected chi connectivity index (χ3v) is 1.27. The number of rotatable bonds is 4. The van der Waals surface area contributed by atoms with Crippen molar-refractivity contribution in [1.29, 1.82) is 0 Å². The van der Waals surface area contributed by atoms with Crippen LogP contribution in [0.2, 0.25) is 0 Å². The maximum atomic E-state index is 10.9. The average Bonchev–Trinajstić information content (AvgIpc) is 2.17. The zero-order valence-electron chi connectivity index (χ0n) is 7.51. The highest BCUT2D eigenvalue weighted by Gasteiger charge is 2.37. The van der Waals surface area contributed by atoms with Gasteiger partial charge in [0, 0.05) is 0 Å². The lowest BCUT2D eigenvalue weighted by molar-refractivity contribution is -0.170. The average molecular weight is 204 g/mol. The van der Waals surface area contributed by atoms with E-state index >= 15 is 0 Å². The van der Waals surface area contributed by atoms with Gasteiger partial charge in [-0.2, -0.15) is 0 Å². The van der Waals surface area contributed by atoms with Crippen molar-refractivity contribution in [2.24, 2.45) is 5.92 Å². The molecule has 0 N–H and O–H groups in total. The van der Waals surface area contributed by atoms with Crippen molar-refractivity contribution in [3.63, 3.8) is 0 Å². The summed E-state index contributed by atoms with van der Waals surface area (Å²) in [5, 5.41) is 0. The van der Waals surface area contributed by atoms with Crippen LogP contribution in [-0.2, 0) is 33.4 Å². The van der Waals surface area contributed by atoms with Crippen LogP contribution in [0.4, 0.5) is 0 Å². The first-order valence-corrected chi connectivity index (χ1v) is 3.38. The zero-order chi connectivity index (χ0) is 11.1. The third kappa shape index (κ3) is 2.85. The zero-order valence-corrected chi connectivity index (χ0v) is 7.51. The Bertz CT molecular complexity index is 241. The fourth-order valence-electron chi connectivity index (χ4n) is 0.640. The second kappa shape index (κ2) is 5.68. The van der Waals surface area contributed by atoms with Crippen LogP contribution in [-0.4, -0.2) is 38.6 Å². The van der Waals surface area contributed by atoms with Crippen LogP contribution >= 0.6 is 0 Å². The molecule has 7 nitrogen and oxygen atoms in total. The Morgan fingerprint density at radius 3 is 1.71 bits per heavy atom. The first-order chi connectivity index (χ1) is 6.58. The smallest absolute Gasteiger partial charge is 0.339 e. The Labute approximate surface area is 78.9 Å². The third-order valence-electron chi connectivity index (χ3n) is 1.27. The lowest BCUT2D eigenvalue weighted by Crippen LogP contribution is -2.34. The van der Waals surface area contributed by atoms with E-state index in [1.165, 1.54) is 0 Å². The molecule has 0 heterocycles. The van der Waals surface area contributed by atoms with Crippen molar-refractivity contribution in [3.8, 4) is 0 Å². The standard InChI is InChI=1S/C7H8O7/c1-12-5(9)4(6(10)13-2)7(11)14-3-8/h3-4H,1-2H3. The topological polar surface area (TPSA) is 96.0 Å². The lowest BCUT2D eigenvalue weighted by atomic mass is 10.1. The molecule has 0 amide bonds. The second-order valence-electron chi connectivity index (χ2n) is 2.01. The molecule has 0 aliphatic carbocycles. The van der Waals surface area contributed by atoms with Crippen molar-refractivity contribution in [2.45, 2.75) is 0 Å². The molecule has 0 aromatic rings. The second-order valence-corrected chi connectivity index (χ2v) is 2.01. The number of hydrogen-bond donors (Lipinski definition) is 0. The molecular weight excluding hydrogens is 196 g/mol. The van der Waals surface area contributed by atoms with Crippen molar-refractivity contribution in [2.75, 3.05) is 14.2 Å². The number of carbonyl (C=O) groups is 4. The van der Waals surface area contributed by atoms with Crippen LogP contribution in [0.25, 0.3) is 0 Å². The molecule has 0 aliphatic rings. The van der Waals surface area contributed by atoms with Crippen molar-refractivity contribution >= 4 is 24.4 Å². The highest BCUT2D eigenvalue weighted by molar-refractivity contribution is 6.13. The number of esters is 3. The fraction of sp³-hybridized carbons (Fsp3) is 0.429. The summed E-state index contributed by atoms with van der Waals surface area (Å²) in [6.45, 7) is -0.193. The summed E-state index contributed by atoms with van der Waals surface area (Å²) < 4.78 is 12.1. The summed E-state index contributed by atoms with van der Waals surface area (Å²) in [6.07, 6.45) is 0. The summed E-state index contributed by atoms with van der Waals surface area (Å²) in [5.74, 6) is -5.51. The maximum absolute atomic E-state index is 10.9. The first-order valence-electron chi connectivity index (χ1n) is 3.38. The van der Waals surface area contributed by atoms with Gasteiger partial charge < -0.3 is 14.2 Å². The minimum Gasteiger partial charge on any atom is -0.468 e. The van der Waals surface area contributed by atoms with Crippen LogP contribution in [0, 0.1) is 5.92 Å². The Balaban J connectivity index is 4.71. The highest BCUT2D eigenvalue weighted by atomic mass is 16.6. The fourth-order valence-corrected chi connectivity index (χ4v) is 0.640. The van der Waals surface area contributed by atoms with E-state index in [4.69, 9.17) is 0 Å². The van der Waals surface area contributed by atoms with E-state index in [1.807, 2.05) is 0 Å². The molecule has 14 heavy (non-hydrogen) atoms. The van der Waals surface area contributed by atoms with Crippen LogP contribution in [0.3, 0.4) is 0 Å². The van der Waals surface area contributed by atoms with Gasteiger partial charge in [0.25, 0.3) is 5.92 Å². The summed E-state index contributed by atoms with van der Waals surface area (Å²) in [5.41, 5.74) is 0. The summed E-state index contributed by atoms with van der Waals surface area (Å²) >= 11 is 0. The minimum absolute atomic E-state index is 0.193. The van der Waals surface area contributed by atoms with Crippen molar-refractivity contribution in [1.82, 2.24) is 0 Å². The molecule has 0 radical (unpaired) electrons. The summed E-state index contributed by atoms with van der Waals surface area (Å²) in [4.78, 5) is 42.5. The molecule has 0 aromatic carbocycles. The first kappa shape index (κ1) is 12.1. The van der Waals surface area contributed by atoms with Gasteiger partial charge in [-0.3, -0.25) is 14.4 Å². The minimum atomic E-state index is -1.88. The van der Waals surface area contributed by atoms with Gasteiger partial charge in [-0.1, -0.05) is 0 Å². The monoisotopic (exact) mass is 204 g/mol. The largest absolute Gasteiger partial charge is 0.468 e. The molecule has 0 aliphatic heterocycles. The lowest BCUT2D eigenvalue weighted by Gasteiger charge is -2.08. The molecule has 0 spiro atoms. The Morgan fingerprint density at radius 2 is 1.43 bits per heavy atom. The molecule has 0 saturated heterocycles. The Kier molecular flexibility index (Phi) is 4.90. The molecule has 0 unspecified atom stereocenters. The molecule has 0 atom stereocenters. The van der Waals surface area contributed by atoms with E-state index in [9.17, 15) is 19.2 Å². The number of hydrogen-bond acceptors (Lipinski definition) is 7. The molecule has 7 heteroatoms. The van der Waals surface area contributed by atoms with Gasteiger partial charge in [-0.05, 0) is 0 Å². The summed E-state index contributed by atoms with van der Waals surface area (Å²) in [6, 6.07) is 0. The van der Waals surface area contributed by atoms with Gasteiger partial charge in [-0.25, -0.2) is 4.79 Å². The van der Waals surface area contributed by atoms with E-state index in [0.717, 1.165) is 14.2 Å². The van der Waals surface area contributed by atoms with Gasteiger partial charge in [0.1, 0.15) is 0 Å². The van der Waals surface area contributed by atoms with E-state index < -0.39 is 23.8 Å². The van der Waals surface area contributed by atoms with Gasteiger partial charge in [0.15, 0.2) is 0 Å². The molecule has 0 bridgehead atoms. The van der Waals surface area contributed by atoms with Crippen LogP contribution in [0.1, 0.15) is 0 Å². The maximum Gasteiger partial charge on any atom is 0.339 e. The van der Waals surface area contributed by atoms with Crippen LogP contribution in [0.5, 0.6) is 0 Å². The predicted molar refractivity (Wildman–Crippen MR) is 39.7 cm³/mol. The van der Waals surface area contributed by atoms with Gasteiger partial charge in [0.05, 0.1) is 14.2 Å². The van der Waals surface area contributed by atoms with E-state index in [1.54, 1.807) is 0 Å². The molecule has 0 fully saturated rings. The van der Waals surface area contributed by atoms with Gasteiger partial charge in [0.2, 0.25) is 0 Å². The number of ether oxygens (including phenoxy) is 3.